The van der Waals surface area contributed by atoms with Gasteiger partial charge in [-0.15, -0.1) is 5.06 Å². The summed E-state index contributed by atoms with van der Waals surface area (Å²) in [6, 6.07) is 7.48. The molecule has 0 bridgehead atoms. The van der Waals surface area contributed by atoms with Crippen molar-refractivity contribution in [1.82, 2.24) is 19.2 Å². The first-order chi connectivity index (χ1) is 28.1. The van der Waals surface area contributed by atoms with Gasteiger partial charge in [-0.3, -0.25) is 18.7 Å². The van der Waals surface area contributed by atoms with Gasteiger partial charge < -0.3 is 19.0 Å². The zero-order valence-corrected chi connectivity index (χ0v) is 36.2. The van der Waals surface area contributed by atoms with Crippen molar-refractivity contribution in [2.75, 3.05) is 29.5 Å². The van der Waals surface area contributed by atoms with E-state index in [0.717, 1.165) is 11.0 Å². The Kier molecular flexibility index (Phi) is 11.2. The summed E-state index contributed by atoms with van der Waals surface area (Å²) in [5.74, 6) is -1.46. The lowest BCUT2D eigenvalue weighted by atomic mass is 9.85. The number of nitrogens with zero attached hydrogens (tertiary/aromatic N) is 5. The fraction of sp³-hybridized carbons (Fsp3) is 0.452. The van der Waals surface area contributed by atoms with Crippen molar-refractivity contribution in [2.24, 2.45) is 0 Å². The van der Waals surface area contributed by atoms with Crippen LogP contribution in [0.2, 0.25) is 0 Å². The van der Waals surface area contributed by atoms with E-state index in [1.54, 1.807) is 6.20 Å². The summed E-state index contributed by atoms with van der Waals surface area (Å²) in [6.07, 6.45) is 8.85. The topological polar surface area (TPSA) is 206 Å². The quantitative estimate of drug-likeness (QED) is 0.0801. The molecule has 3 aromatic rings. The minimum absolute atomic E-state index is 0.00944. The first-order valence-corrected chi connectivity index (χ1v) is 23.2. The van der Waals surface area contributed by atoms with Crippen molar-refractivity contribution in [3.05, 3.63) is 81.9 Å². The summed E-state index contributed by atoms with van der Waals surface area (Å²) >= 11 is 0. The number of hydrogen-bond donors (Lipinski definition) is 2. The number of carbonyl (C=O) groups is 3. The maximum absolute atomic E-state index is 12.4. The Morgan fingerprint density at radius 3 is 2.17 bits per heavy atom. The molecule has 0 unspecified atom stereocenters. The minimum Gasteiger partial charge on any atom is -0.456 e. The number of fused-ring (bicyclic) bond motifs is 4. The average molecular weight is 865 g/mol. The third-order valence-electron chi connectivity index (χ3n) is 11.4. The highest BCUT2D eigenvalue weighted by Crippen LogP contribution is 2.46. The van der Waals surface area contributed by atoms with Gasteiger partial charge in [-0.2, -0.15) is 16.8 Å². The molecule has 4 aliphatic rings. The molecule has 18 heteroatoms. The van der Waals surface area contributed by atoms with Gasteiger partial charge in [0.15, 0.2) is 5.54 Å². The zero-order chi connectivity index (χ0) is 43.5. The summed E-state index contributed by atoms with van der Waals surface area (Å²) in [4.78, 5) is 48.1. The summed E-state index contributed by atoms with van der Waals surface area (Å²) in [6.45, 7) is 13.5. The molecule has 5 heterocycles. The molecule has 16 nitrogen and oxygen atoms in total. The van der Waals surface area contributed by atoms with E-state index in [4.69, 9.17) is 14.6 Å². The van der Waals surface area contributed by atoms with Crippen LogP contribution in [0.15, 0.2) is 48.8 Å². The molecule has 1 saturated heterocycles. The molecule has 2 N–H and O–H groups in total. The van der Waals surface area contributed by atoms with E-state index >= 15 is 0 Å². The second-order valence-corrected chi connectivity index (χ2v) is 19.5. The number of hydroxylamine groups is 2. The average Bonchev–Trinajstić information content (AvgIpc) is 3.72. The third-order valence-corrected chi connectivity index (χ3v) is 12.8. The number of aromatic nitrogens is 2. The fourth-order valence-electron chi connectivity index (χ4n) is 8.99. The van der Waals surface area contributed by atoms with E-state index in [1.165, 1.54) is 0 Å². The van der Waals surface area contributed by atoms with Crippen molar-refractivity contribution < 1.29 is 49.9 Å². The van der Waals surface area contributed by atoms with E-state index in [2.05, 4.69) is 9.48 Å². The summed E-state index contributed by atoms with van der Waals surface area (Å²) < 4.78 is 80.7. The number of imidazole rings is 1. The molecule has 4 aliphatic heterocycles. The summed E-state index contributed by atoms with van der Waals surface area (Å²) in [5, 5.41) is 1.85. The zero-order valence-electron chi connectivity index (χ0n) is 34.5. The van der Waals surface area contributed by atoms with Gasteiger partial charge in [-0.25, -0.2) is 14.4 Å². The Balaban J connectivity index is 1.36. The van der Waals surface area contributed by atoms with Crippen molar-refractivity contribution >= 4 is 60.4 Å². The van der Waals surface area contributed by atoms with Crippen LogP contribution < -0.4 is 24.8 Å². The van der Waals surface area contributed by atoms with Gasteiger partial charge >= 0.3 is 5.97 Å². The molecule has 0 radical (unpaired) electrons. The standard InChI is InChI=1S/C42H49N5O11S2/c1-7-45-32-20-34-30(18-28(32)26(22-41(45,3)4)24-59(51,52)53)39(40-43-15-17-44(40)16-11-9-10-12-38(50)58-47-36(48)13-14-37(47)49)31-19-29-27(25-60(54,55)56)23-42(5,6)46(8-2)33(29)21-35(31)57-34/h15,17-23H,7-14,16,24-25H2,1-6H3,(H-,51,52,53,54,55,56)/p+1. The smallest absolute Gasteiger partial charge is 0.333 e. The molecule has 7 rings (SSSR count). The van der Waals surface area contributed by atoms with Gasteiger partial charge in [0.25, 0.3) is 32.1 Å². The Labute approximate surface area is 348 Å². The fourth-order valence-corrected chi connectivity index (χ4v) is 10.3. The second kappa shape index (κ2) is 15.7. The van der Waals surface area contributed by atoms with Crippen LogP contribution >= 0.6 is 0 Å². The molecular formula is C42H50N5O11S2+. The van der Waals surface area contributed by atoms with Crippen molar-refractivity contribution in [1.29, 1.82) is 0 Å². The number of ether oxygens (including phenoxy) is 1. The van der Waals surface area contributed by atoms with Gasteiger partial charge in [0, 0.05) is 92.3 Å². The van der Waals surface area contributed by atoms with Gasteiger partial charge in [0.05, 0.1) is 17.2 Å². The van der Waals surface area contributed by atoms with Crippen LogP contribution in [0.3, 0.4) is 0 Å². The molecular weight excluding hydrogens is 815 g/mol. The molecule has 320 valence electrons. The molecule has 2 amide bonds. The maximum atomic E-state index is 12.4. The van der Waals surface area contributed by atoms with Gasteiger partial charge in [-0.05, 0) is 69.9 Å². The highest BCUT2D eigenvalue weighted by Gasteiger charge is 2.39. The van der Waals surface area contributed by atoms with Crippen LogP contribution in [-0.4, -0.2) is 94.0 Å². The SMILES string of the molecule is CCN1c2cc3c(cc2C(CS(=O)(=O)O)=CC1(C)C)C(c1nccn1CCCCCC(=O)ON1C(=O)CCC1=O)=c1cc2c(cc1O3)=[N+](CC)C(C)(C)C=C2CS(=O)(=O)O. The molecule has 2 aromatic carbocycles. The number of anilines is 1. The van der Waals surface area contributed by atoms with Gasteiger partial charge in [0.1, 0.15) is 35.4 Å². The van der Waals surface area contributed by atoms with Gasteiger partial charge in [0.2, 0.25) is 5.36 Å². The molecule has 0 saturated carbocycles. The molecule has 0 spiro atoms. The number of amides is 2. The molecule has 60 heavy (non-hydrogen) atoms. The second-order valence-electron chi connectivity index (χ2n) is 16.6. The number of carbonyl (C=O) groups excluding carboxylic acids is 3. The Morgan fingerprint density at radius 2 is 1.53 bits per heavy atom. The Morgan fingerprint density at radius 1 is 0.867 bits per heavy atom. The highest BCUT2D eigenvalue weighted by molar-refractivity contribution is 7.86. The van der Waals surface area contributed by atoms with Crippen LogP contribution in [0, 0.1) is 0 Å². The lowest BCUT2D eigenvalue weighted by Gasteiger charge is -2.43. The first-order valence-electron chi connectivity index (χ1n) is 20.0. The summed E-state index contributed by atoms with van der Waals surface area (Å²) in [5.41, 5.74) is 2.71. The van der Waals surface area contributed by atoms with Crippen LogP contribution in [0.25, 0.3) is 16.7 Å². The van der Waals surface area contributed by atoms with Crippen LogP contribution in [0.1, 0.15) is 103 Å². The Bertz CT molecular complexity index is 2730. The monoisotopic (exact) mass is 864 g/mol. The number of aryl methyl sites for hydroxylation is 1. The highest BCUT2D eigenvalue weighted by atomic mass is 32.2. The third kappa shape index (κ3) is 8.42. The van der Waals surface area contributed by atoms with Crippen LogP contribution in [-0.2, 0) is 46.0 Å². The number of imide groups is 1. The lowest BCUT2D eigenvalue weighted by Crippen LogP contribution is -2.50. The van der Waals surface area contributed by atoms with E-state index in [9.17, 15) is 40.3 Å². The largest absolute Gasteiger partial charge is 0.456 e. The van der Waals surface area contributed by atoms with E-state index < -0.39 is 60.6 Å². The van der Waals surface area contributed by atoms with E-state index in [0.29, 0.717) is 99.9 Å². The maximum Gasteiger partial charge on any atom is 0.333 e. The van der Waals surface area contributed by atoms with Crippen LogP contribution in [0.5, 0.6) is 11.5 Å². The lowest BCUT2D eigenvalue weighted by molar-refractivity contribution is -0.197. The minimum atomic E-state index is -4.44. The van der Waals surface area contributed by atoms with E-state index in [1.807, 2.05) is 88.7 Å². The van der Waals surface area contributed by atoms with Crippen molar-refractivity contribution in [3.63, 3.8) is 0 Å². The van der Waals surface area contributed by atoms with Crippen LogP contribution in [0.4, 0.5) is 5.69 Å². The predicted molar refractivity (Wildman–Crippen MR) is 223 cm³/mol. The number of rotatable bonds is 14. The van der Waals surface area contributed by atoms with Gasteiger partial charge in [-0.1, -0.05) is 12.5 Å². The number of hydrogen-bond acceptors (Lipinski definition) is 11. The summed E-state index contributed by atoms with van der Waals surface area (Å²) in [7, 11) is -8.88. The Hall–Kier alpha value is -5.17. The number of benzene rings is 2. The predicted octanol–water partition coefficient (Wildman–Crippen LogP) is 3.87. The molecule has 1 aromatic heterocycles. The van der Waals surface area contributed by atoms with Crippen molar-refractivity contribution in [3.8, 4) is 11.5 Å². The normalized spacial score (nSPS) is 18.0. The molecule has 0 aliphatic carbocycles. The van der Waals surface area contributed by atoms with E-state index in [-0.39, 0.29) is 19.3 Å². The number of likely N-dealkylation sites (N-methyl/N-ethyl adjacent to an activating group) is 2. The number of unbranched alkanes of at least 4 members (excludes halogenated alkanes) is 2. The first kappa shape index (κ1) is 42.9. The molecule has 0 atom stereocenters. The van der Waals surface area contributed by atoms with Crippen molar-refractivity contribution in [2.45, 2.75) is 97.7 Å². The molecule has 1 fully saturated rings.